The number of rotatable bonds is 0. The molecule has 0 saturated heterocycles. The van der Waals surface area contributed by atoms with Crippen LogP contribution < -0.4 is 0 Å². The molecule has 4 heteroatoms. The van der Waals surface area contributed by atoms with Gasteiger partial charge in [-0.05, 0) is 11.2 Å². The Bertz CT molecular complexity index is 42.6. The van der Waals surface area contributed by atoms with E-state index in [1.807, 2.05) is 0 Å². The first-order valence-corrected chi connectivity index (χ1v) is 1.96. The van der Waals surface area contributed by atoms with E-state index < -0.39 is 10.6 Å². The Kier molecular flexibility index (Phi) is 538. The van der Waals surface area contributed by atoms with Crippen molar-refractivity contribution in [3.63, 3.8) is 0 Å². The molecule has 0 aromatic heterocycles. The van der Waals surface area contributed by atoms with Crippen molar-refractivity contribution in [1.82, 2.24) is 0 Å². The molecule has 9 heavy (non-hydrogen) atoms. The smallest absolute Gasteiger partial charge is 0.144 e. The van der Waals surface area contributed by atoms with Gasteiger partial charge >= 0.3 is 0 Å². The summed E-state index contributed by atoms with van der Waals surface area (Å²) in [5, 5.41) is 0. The minimum Gasteiger partial charge on any atom is -0.166 e. The Morgan fingerprint density at radius 1 is 1.11 bits per heavy atom. The van der Waals surface area contributed by atoms with Crippen molar-refractivity contribution in [3.8, 4) is 0 Å². The molecule has 0 aromatic carbocycles. The van der Waals surface area contributed by atoms with Gasteiger partial charge in [0.25, 0.3) is 0 Å². The molecular weight excluding hydrogens is 232 g/mol. The van der Waals surface area contributed by atoms with Gasteiger partial charge in [-0.3, -0.25) is 0 Å². The van der Waals surface area contributed by atoms with Gasteiger partial charge in [0, 0.05) is 43.3 Å². The van der Waals surface area contributed by atoms with E-state index in [2.05, 4.69) is 11.2 Å². The molecular formula is C5H21FS2Y. The molecule has 1 radical (unpaired) electrons. The molecule has 0 rings (SSSR count). The molecule has 0 fully saturated rings. The number of hydrogen-bond acceptors (Lipinski definition) is 1. The second-order valence-electron chi connectivity index (χ2n) is 0.0630. The molecule has 0 aliphatic rings. The summed E-state index contributed by atoms with van der Waals surface area (Å²) in [4.78, 5) is 0. The van der Waals surface area contributed by atoms with E-state index in [0.29, 0.717) is 0 Å². The molecule has 1 unspecified atom stereocenters. The minimum atomic E-state index is -2.03. The maximum absolute atomic E-state index is 10.5. The van der Waals surface area contributed by atoms with Crippen LogP contribution in [0.25, 0.3) is 0 Å². The maximum atomic E-state index is 10.5. The molecule has 0 aliphatic heterocycles. The number of hydrogen-bond donors (Lipinski definition) is 1. The summed E-state index contributed by atoms with van der Waals surface area (Å²) < 4.78 is 16.3. The first kappa shape index (κ1) is 46.1. The molecule has 0 heterocycles. The van der Waals surface area contributed by atoms with E-state index in [-0.39, 0.29) is 69.8 Å². The first-order valence-electron chi connectivity index (χ1n) is 0.729. The van der Waals surface area contributed by atoms with Crippen molar-refractivity contribution in [1.29, 1.82) is 1.12 Å². The third-order valence-corrected chi connectivity index (χ3v) is 0. The van der Waals surface area contributed by atoms with Gasteiger partial charge in [0.15, 0.2) is 0 Å². The van der Waals surface area contributed by atoms with Crippen LogP contribution in [0.5, 0.6) is 0 Å². The van der Waals surface area contributed by atoms with Crippen LogP contribution in [0.4, 0.5) is 3.89 Å². The van der Waals surface area contributed by atoms with Crippen molar-refractivity contribution in [3.05, 3.63) is 0 Å². The zero-order valence-electron chi connectivity index (χ0n) is 2.77. The van der Waals surface area contributed by atoms with Crippen LogP contribution >= 0.6 is 0 Å². The Labute approximate surface area is 95.9 Å². The molecule has 0 spiro atoms. The molecule has 0 bridgehead atoms. The van der Waals surface area contributed by atoms with Crippen molar-refractivity contribution in [2.24, 2.45) is 0 Å². The third kappa shape index (κ3) is 216. The SMILES string of the molecule is C.C.C.C.C.[2H]S(F)=S.[Y]. The van der Waals surface area contributed by atoms with Crippen molar-refractivity contribution in [2.75, 3.05) is 0 Å². The van der Waals surface area contributed by atoms with Crippen molar-refractivity contribution >= 4 is 21.8 Å². The average Bonchev–Trinajstić information content (AvgIpc) is 0.811. The van der Waals surface area contributed by atoms with Gasteiger partial charge in [0.2, 0.25) is 0 Å². The fraction of sp³-hybridized carbons (Fsp3) is 1.00. The first-order chi connectivity index (χ1) is 1.73. The monoisotopic (exact) mass is 254 g/mol. The zero-order valence-corrected chi connectivity index (χ0v) is 6.24. The van der Waals surface area contributed by atoms with Crippen LogP contribution in [0, 0.1) is 0 Å². The normalized spacial score (nSPS) is 7.00. The molecule has 0 saturated carbocycles. The van der Waals surface area contributed by atoms with Crippen LogP contribution in [0.2, 0.25) is 0 Å². The van der Waals surface area contributed by atoms with E-state index in [0.717, 1.165) is 0 Å². The summed E-state index contributed by atoms with van der Waals surface area (Å²) in [6.07, 6.45) is 0. The van der Waals surface area contributed by atoms with E-state index in [1.165, 1.54) is 0 Å². The Balaban J connectivity index is -0.00000000300. The van der Waals surface area contributed by atoms with Gasteiger partial charge in [-0.15, -0.1) is 0 Å². The summed E-state index contributed by atoms with van der Waals surface area (Å²) in [6.45, 7) is 0. The van der Waals surface area contributed by atoms with Crippen LogP contribution in [-0.2, 0) is 54.5 Å². The van der Waals surface area contributed by atoms with Gasteiger partial charge < -0.3 is 0 Å². The predicted octanol–water partition coefficient (Wildman–Crippen LogP) is 3.33. The maximum Gasteiger partial charge on any atom is 0.144 e. The Morgan fingerprint density at radius 2 is 1.11 bits per heavy atom. The predicted molar refractivity (Wildman–Crippen MR) is 50.9 cm³/mol. The quantitative estimate of drug-likeness (QED) is 0.511. The zero-order chi connectivity index (χ0) is 3.58. The molecule has 0 aromatic rings. The van der Waals surface area contributed by atoms with Crippen LogP contribution in [0.1, 0.15) is 37.1 Å². The van der Waals surface area contributed by atoms with E-state index in [1.54, 1.807) is 0 Å². The average molecular weight is 254 g/mol. The van der Waals surface area contributed by atoms with Crippen LogP contribution in [0.15, 0.2) is 0 Å². The van der Waals surface area contributed by atoms with E-state index in [4.69, 9.17) is 1.12 Å². The van der Waals surface area contributed by atoms with Crippen LogP contribution in [0.3, 0.4) is 0 Å². The largest absolute Gasteiger partial charge is 0.166 e. The van der Waals surface area contributed by atoms with Gasteiger partial charge in [0.05, 0.1) is 0 Å². The summed E-state index contributed by atoms with van der Waals surface area (Å²) in [6, 6.07) is 0. The standard InChI is InChI=1S/5CH4.FHS2.Y/c;;;;;1-3-2;/h5*1H4;3H;/i;;;;;3D;. The molecule has 0 nitrogen and oxygen atoms in total. The molecule has 1 atom stereocenters. The summed E-state index contributed by atoms with van der Waals surface area (Å²) in [5.41, 5.74) is 0. The van der Waals surface area contributed by atoms with Gasteiger partial charge in [0.1, 0.15) is 1.12 Å². The van der Waals surface area contributed by atoms with Gasteiger partial charge in [-0.25, -0.2) is 0 Å². The fourth-order valence-corrected chi connectivity index (χ4v) is 0. The summed E-state index contributed by atoms with van der Waals surface area (Å²) in [7, 11) is -2.03. The van der Waals surface area contributed by atoms with Gasteiger partial charge in [-0.1, -0.05) is 37.1 Å². The Morgan fingerprint density at radius 3 is 1.11 bits per heavy atom. The summed E-state index contributed by atoms with van der Waals surface area (Å²) in [5.74, 6) is 0. The molecule has 0 amide bonds. The third-order valence-electron chi connectivity index (χ3n) is 0. The van der Waals surface area contributed by atoms with Crippen molar-refractivity contribution < 1.29 is 36.6 Å². The van der Waals surface area contributed by atoms with Crippen LogP contribution in [-0.4, -0.2) is 1.12 Å². The molecule has 63 valence electrons. The second kappa shape index (κ2) is 105. The van der Waals surface area contributed by atoms with Crippen molar-refractivity contribution in [2.45, 2.75) is 37.1 Å². The minimum absolute atomic E-state index is 0. The topological polar surface area (TPSA) is 0 Å². The van der Waals surface area contributed by atoms with Gasteiger partial charge in [-0.2, -0.15) is 3.89 Å². The van der Waals surface area contributed by atoms with E-state index >= 15 is 0 Å². The van der Waals surface area contributed by atoms with E-state index in [9.17, 15) is 3.89 Å². The molecule has 0 aliphatic carbocycles. The number of halogens is 1. The summed E-state index contributed by atoms with van der Waals surface area (Å²) >= 11 is 3.65. The number of thiol groups is 1. The fourth-order valence-electron chi connectivity index (χ4n) is 0. The second-order valence-corrected chi connectivity index (χ2v) is 0.567. The molecule has 0 N–H and O–H groups in total. The Hall–Kier alpha value is 1.60.